The Morgan fingerprint density at radius 1 is 1.14 bits per heavy atom. The maximum absolute atomic E-state index is 12.2. The van der Waals surface area contributed by atoms with Gasteiger partial charge in [0.15, 0.2) is 0 Å². The summed E-state index contributed by atoms with van der Waals surface area (Å²) in [5.74, 6) is -0.433. The second-order valence-corrected chi connectivity index (χ2v) is 6.15. The van der Waals surface area contributed by atoms with E-state index in [1.165, 1.54) is 0 Å². The standard InChI is InChI=1S/C23H20N4O/c1-2-13-25-23(28)20(15-24)14-21-17-27(16-18-9-5-3-6-10-18)26-22(21)19-11-7-4-8-12-19/h2-12,14,17H,1,13,16H2,(H,25,28)/b20-14+. The summed E-state index contributed by atoms with van der Waals surface area (Å²) >= 11 is 0. The first-order chi connectivity index (χ1) is 13.7. The quantitative estimate of drug-likeness (QED) is 0.392. The lowest BCUT2D eigenvalue weighted by Gasteiger charge is -2.01. The summed E-state index contributed by atoms with van der Waals surface area (Å²) in [6.07, 6.45) is 5.00. The number of nitrogens with one attached hydrogen (secondary N) is 1. The van der Waals surface area contributed by atoms with E-state index in [9.17, 15) is 10.1 Å². The largest absolute Gasteiger partial charge is 0.348 e. The fraction of sp³-hybridized carbons (Fsp3) is 0.0870. The van der Waals surface area contributed by atoms with Gasteiger partial charge >= 0.3 is 0 Å². The number of hydrogen-bond donors (Lipinski definition) is 1. The van der Waals surface area contributed by atoms with Crippen molar-refractivity contribution in [3.8, 4) is 17.3 Å². The minimum Gasteiger partial charge on any atom is -0.348 e. The highest BCUT2D eigenvalue weighted by Gasteiger charge is 2.14. The van der Waals surface area contributed by atoms with Crippen molar-refractivity contribution < 1.29 is 4.79 Å². The molecule has 3 aromatic rings. The molecule has 0 aliphatic heterocycles. The molecule has 0 spiro atoms. The fourth-order valence-corrected chi connectivity index (χ4v) is 2.78. The van der Waals surface area contributed by atoms with E-state index in [4.69, 9.17) is 5.10 Å². The number of hydrogen-bond acceptors (Lipinski definition) is 3. The highest BCUT2D eigenvalue weighted by atomic mass is 16.1. The molecule has 5 nitrogen and oxygen atoms in total. The summed E-state index contributed by atoms with van der Waals surface area (Å²) < 4.78 is 1.82. The first-order valence-electron chi connectivity index (χ1n) is 8.89. The van der Waals surface area contributed by atoms with Gasteiger partial charge in [0.05, 0.1) is 12.2 Å². The number of nitriles is 1. The molecule has 0 radical (unpaired) electrons. The number of carbonyl (C=O) groups is 1. The molecular formula is C23H20N4O. The molecule has 0 saturated heterocycles. The Balaban J connectivity index is 2.00. The van der Waals surface area contributed by atoms with Crippen LogP contribution < -0.4 is 5.32 Å². The first kappa shape index (κ1) is 18.9. The van der Waals surface area contributed by atoms with Crippen LogP contribution in [0.4, 0.5) is 0 Å². The highest BCUT2D eigenvalue weighted by Crippen LogP contribution is 2.24. The van der Waals surface area contributed by atoms with E-state index in [2.05, 4.69) is 11.9 Å². The Kier molecular flexibility index (Phi) is 6.17. The van der Waals surface area contributed by atoms with Gasteiger partial charge in [0.25, 0.3) is 5.91 Å². The monoisotopic (exact) mass is 368 g/mol. The summed E-state index contributed by atoms with van der Waals surface area (Å²) in [4.78, 5) is 12.2. The molecule has 1 heterocycles. The third-order valence-electron chi connectivity index (χ3n) is 4.10. The van der Waals surface area contributed by atoms with Crippen LogP contribution in [0, 0.1) is 11.3 Å². The summed E-state index contributed by atoms with van der Waals surface area (Å²) in [6, 6.07) is 21.7. The minimum atomic E-state index is -0.433. The number of amides is 1. The van der Waals surface area contributed by atoms with Gasteiger partial charge < -0.3 is 5.32 Å². The lowest BCUT2D eigenvalue weighted by Crippen LogP contribution is -2.24. The van der Waals surface area contributed by atoms with Crippen molar-refractivity contribution in [1.82, 2.24) is 15.1 Å². The summed E-state index contributed by atoms with van der Waals surface area (Å²) in [6.45, 7) is 4.47. The van der Waals surface area contributed by atoms with Gasteiger partial charge in [-0.05, 0) is 11.6 Å². The topological polar surface area (TPSA) is 70.7 Å². The molecule has 2 aromatic carbocycles. The Hall–Kier alpha value is -3.91. The molecule has 3 rings (SSSR count). The molecule has 0 atom stereocenters. The van der Waals surface area contributed by atoms with Gasteiger partial charge in [0, 0.05) is 23.9 Å². The van der Waals surface area contributed by atoms with Gasteiger partial charge in [-0.1, -0.05) is 66.7 Å². The molecule has 0 aliphatic carbocycles. The number of rotatable bonds is 7. The van der Waals surface area contributed by atoms with Gasteiger partial charge in [-0.15, -0.1) is 6.58 Å². The number of benzene rings is 2. The number of aromatic nitrogens is 2. The number of nitrogens with zero attached hydrogens (tertiary/aromatic N) is 3. The minimum absolute atomic E-state index is 0.0262. The van der Waals surface area contributed by atoms with E-state index in [0.29, 0.717) is 18.7 Å². The molecule has 0 bridgehead atoms. The second-order valence-electron chi connectivity index (χ2n) is 6.15. The van der Waals surface area contributed by atoms with Gasteiger partial charge in [0.1, 0.15) is 11.6 Å². The highest BCUT2D eigenvalue weighted by molar-refractivity contribution is 6.02. The normalized spacial score (nSPS) is 10.9. The maximum Gasteiger partial charge on any atom is 0.262 e. The lowest BCUT2D eigenvalue weighted by molar-refractivity contribution is -0.116. The molecule has 1 N–H and O–H groups in total. The van der Waals surface area contributed by atoms with Crippen LogP contribution in [-0.4, -0.2) is 22.2 Å². The van der Waals surface area contributed by atoms with Gasteiger partial charge in [-0.3, -0.25) is 9.48 Å². The van der Waals surface area contributed by atoms with E-state index in [0.717, 1.165) is 16.8 Å². The summed E-state index contributed by atoms with van der Waals surface area (Å²) in [5.41, 5.74) is 3.50. The average molecular weight is 368 g/mol. The van der Waals surface area contributed by atoms with E-state index in [-0.39, 0.29) is 5.57 Å². The molecule has 1 amide bonds. The Morgan fingerprint density at radius 3 is 2.46 bits per heavy atom. The van der Waals surface area contributed by atoms with E-state index < -0.39 is 5.91 Å². The predicted octanol–water partition coefficient (Wildman–Crippen LogP) is 3.81. The van der Waals surface area contributed by atoms with Crippen molar-refractivity contribution in [1.29, 1.82) is 5.26 Å². The summed E-state index contributed by atoms with van der Waals surface area (Å²) in [5, 5.41) is 16.8. The third-order valence-corrected chi connectivity index (χ3v) is 4.10. The molecular weight excluding hydrogens is 348 g/mol. The SMILES string of the molecule is C=CCNC(=O)/C(C#N)=C/c1cn(Cc2ccccc2)nc1-c1ccccc1. The molecule has 138 valence electrons. The molecule has 0 fully saturated rings. The average Bonchev–Trinajstić information content (AvgIpc) is 3.13. The molecule has 0 aliphatic rings. The van der Waals surface area contributed by atoms with Crippen molar-refractivity contribution in [3.05, 3.63) is 96.2 Å². The zero-order valence-corrected chi connectivity index (χ0v) is 15.4. The molecule has 1 aromatic heterocycles. The fourth-order valence-electron chi connectivity index (χ4n) is 2.78. The Bertz CT molecular complexity index is 1030. The summed E-state index contributed by atoms with van der Waals surface area (Å²) in [7, 11) is 0. The van der Waals surface area contributed by atoms with Crippen LogP contribution in [0.5, 0.6) is 0 Å². The molecule has 0 saturated carbocycles. The third kappa shape index (κ3) is 4.63. The van der Waals surface area contributed by atoms with Gasteiger partial charge in [-0.25, -0.2) is 0 Å². The zero-order valence-electron chi connectivity index (χ0n) is 15.4. The van der Waals surface area contributed by atoms with E-state index in [1.807, 2.05) is 77.6 Å². The Labute approximate surface area is 164 Å². The lowest BCUT2D eigenvalue weighted by atomic mass is 10.1. The molecule has 28 heavy (non-hydrogen) atoms. The van der Waals surface area contributed by atoms with Crippen LogP contribution in [0.3, 0.4) is 0 Å². The van der Waals surface area contributed by atoms with Crippen LogP contribution in [-0.2, 0) is 11.3 Å². The Morgan fingerprint density at radius 2 is 1.82 bits per heavy atom. The van der Waals surface area contributed by atoms with Crippen molar-refractivity contribution >= 4 is 12.0 Å². The second kappa shape index (κ2) is 9.15. The number of carbonyl (C=O) groups excluding carboxylic acids is 1. The van der Waals surface area contributed by atoms with Crippen molar-refractivity contribution in [2.24, 2.45) is 0 Å². The van der Waals surface area contributed by atoms with Crippen molar-refractivity contribution in [2.45, 2.75) is 6.54 Å². The smallest absolute Gasteiger partial charge is 0.262 e. The molecule has 0 unspecified atom stereocenters. The van der Waals surface area contributed by atoms with Crippen LogP contribution in [0.2, 0.25) is 0 Å². The zero-order chi connectivity index (χ0) is 19.8. The first-order valence-corrected chi connectivity index (χ1v) is 8.89. The predicted molar refractivity (Wildman–Crippen MR) is 110 cm³/mol. The van der Waals surface area contributed by atoms with Gasteiger partial charge in [-0.2, -0.15) is 10.4 Å². The van der Waals surface area contributed by atoms with Gasteiger partial charge in [0.2, 0.25) is 0 Å². The maximum atomic E-state index is 12.2. The van der Waals surface area contributed by atoms with Crippen LogP contribution in [0.1, 0.15) is 11.1 Å². The van der Waals surface area contributed by atoms with Crippen molar-refractivity contribution in [3.63, 3.8) is 0 Å². The van der Waals surface area contributed by atoms with Crippen LogP contribution in [0.25, 0.3) is 17.3 Å². The van der Waals surface area contributed by atoms with Crippen molar-refractivity contribution in [2.75, 3.05) is 6.54 Å². The van der Waals surface area contributed by atoms with E-state index in [1.54, 1.807) is 12.2 Å². The van der Waals surface area contributed by atoms with Crippen LogP contribution >= 0.6 is 0 Å². The van der Waals surface area contributed by atoms with Crippen LogP contribution in [0.15, 0.2) is 85.1 Å². The van der Waals surface area contributed by atoms with E-state index >= 15 is 0 Å². The molecule has 5 heteroatoms.